The van der Waals surface area contributed by atoms with Gasteiger partial charge in [0.15, 0.2) is 5.76 Å². The summed E-state index contributed by atoms with van der Waals surface area (Å²) in [6, 6.07) is 13.7. The van der Waals surface area contributed by atoms with E-state index in [2.05, 4.69) is 15.9 Å². The lowest BCUT2D eigenvalue weighted by molar-refractivity contribution is 0.101. The van der Waals surface area contributed by atoms with Crippen molar-refractivity contribution in [3.8, 4) is 6.07 Å². The first-order valence-corrected chi connectivity index (χ1v) is 6.92. The minimum Gasteiger partial charge on any atom is -0.450 e. The second-order valence-electron chi connectivity index (χ2n) is 4.50. The third-order valence-electron chi connectivity index (χ3n) is 3.17. The highest BCUT2D eigenvalue weighted by Crippen LogP contribution is 2.32. The molecule has 2 N–H and O–H groups in total. The molecule has 0 spiro atoms. The molecule has 0 fully saturated rings. The van der Waals surface area contributed by atoms with Crippen LogP contribution in [-0.2, 0) is 0 Å². The summed E-state index contributed by atoms with van der Waals surface area (Å²) < 4.78 is 6.43. The van der Waals surface area contributed by atoms with Crippen molar-refractivity contribution in [3.05, 3.63) is 63.8 Å². The lowest BCUT2D eigenvalue weighted by Gasteiger charge is -1.99. The zero-order chi connectivity index (χ0) is 15.0. The number of carbonyl (C=O) groups excluding carboxylic acids is 1. The molecular weight excluding hydrogens is 332 g/mol. The molecule has 4 nitrogen and oxygen atoms in total. The Labute approximate surface area is 128 Å². The van der Waals surface area contributed by atoms with Crippen molar-refractivity contribution < 1.29 is 9.21 Å². The lowest BCUT2D eigenvalue weighted by Crippen LogP contribution is -2.02. The highest BCUT2D eigenvalue weighted by Gasteiger charge is 2.20. The third kappa shape index (κ3) is 2.30. The van der Waals surface area contributed by atoms with Crippen molar-refractivity contribution in [3.63, 3.8) is 0 Å². The Morgan fingerprint density at radius 3 is 2.57 bits per heavy atom. The van der Waals surface area contributed by atoms with Crippen LogP contribution in [0.2, 0.25) is 0 Å². The van der Waals surface area contributed by atoms with Crippen molar-refractivity contribution in [2.24, 2.45) is 0 Å². The van der Waals surface area contributed by atoms with Crippen LogP contribution in [0.25, 0.3) is 11.0 Å². The van der Waals surface area contributed by atoms with E-state index in [0.717, 1.165) is 4.47 Å². The second-order valence-corrected chi connectivity index (χ2v) is 5.42. The minimum atomic E-state index is -0.302. The topological polar surface area (TPSA) is 80.0 Å². The normalized spacial score (nSPS) is 10.5. The van der Waals surface area contributed by atoms with E-state index < -0.39 is 0 Å². The SMILES string of the molecule is N#Cc1ccc(C(=O)c2oc3ccc(Br)cc3c2N)cc1. The summed E-state index contributed by atoms with van der Waals surface area (Å²) in [6.07, 6.45) is 0. The summed E-state index contributed by atoms with van der Waals surface area (Å²) in [7, 11) is 0. The predicted octanol–water partition coefficient (Wildman–Crippen LogP) is 3.88. The highest BCUT2D eigenvalue weighted by atomic mass is 79.9. The van der Waals surface area contributed by atoms with Crippen LogP contribution in [0.1, 0.15) is 21.7 Å². The maximum Gasteiger partial charge on any atom is 0.230 e. The quantitative estimate of drug-likeness (QED) is 0.718. The first-order chi connectivity index (χ1) is 10.1. The molecule has 5 heteroatoms. The van der Waals surface area contributed by atoms with Crippen molar-refractivity contribution in [1.29, 1.82) is 5.26 Å². The molecule has 0 amide bonds. The molecule has 0 bridgehead atoms. The Morgan fingerprint density at radius 1 is 1.19 bits per heavy atom. The van der Waals surface area contributed by atoms with Crippen LogP contribution >= 0.6 is 15.9 Å². The Balaban J connectivity index is 2.09. The average molecular weight is 341 g/mol. The zero-order valence-corrected chi connectivity index (χ0v) is 12.3. The van der Waals surface area contributed by atoms with Gasteiger partial charge in [0.1, 0.15) is 5.58 Å². The van der Waals surface area contributed by atoms with Crippen LogP contribution in [0.3, 0.4) is 0 Å². The van der Waals surface area contributed by atoms with E-state index in [0.29, 0.717) is 27.8 Å². The number of hydrogen-bond acceptors (Lipinski definition) is 4. The van der Waals surface area contributed by atoms with Gasteiger partial charge in [-0.2, -0.15) is 5.26 Å². The van der Waals surface area contributed by atoms with Crippen molar-refractivity contribution in [2.75, 3.05) is 5.73 Å². The number of nitrogens with two attached hydrogens (primary N) is 1. The number of fused-ring (bicyclic) bond motifs is 1. The Bertz CT molecular complexity index is 889. The molecule has 3 aromatic rings. The number of anilines is 1. The van der Waals surface area contributed by atoms with Crippen LogP contribution in [0.4, 0.5) is 5.69 Å². The number of nitrogen functional groups attached to an aromatic ring is 1. The Morgan fingerprint density at radius 2 is 1.90 bits per heavy atom. The molecule has 102 valence electrons. The second kappa shape index (κ2) is 5.08. The zero-order valence-electron chi connectivity index (χ0n) is 10.8. The number of furan rings is 1. The molecule has 1 aromatic heterocycles. The lowest BCUT2D eigenvalue weighted by atomic mass is 10.1. The van der Waals surface area contributed by atoms with Crippen LogP contribution in [0.15, 0.2) is 51.4 Å². The number of benzene rings is 2. The van der Waals surface area contributed by atoms with E-state index in [4.69, 9.17) is 15.4 Å². The van der Waals surface area contributed by atoms with E-state index in [-0.39, 0.29) is 11.5 Å². The van der Waals surface area contributed by atoms with Gasteiger partial charge in [0.2, 0.25) is 5.78 Å². The minimum absolute atomic E-state index is 0.118. The fourth-order valence-corrected chi connectivity index (χ4v) is 2.45. The molecule has 21 heavy (non-hydrogen) atoms. The summed E-state index contributed by atoms with van der Waals surface area (Å²) in [6.45, 7) is 0. The van der Waals surface area contributed by atoms with Gasteiger partial charge in [-0.1, -0.05) is 15.9 Å². The molecule has 2 aromatic carbocycles. The molecule has 0 unspecified atom stereocenters. The fourth-order valence-electron chi connectivity index (χ4n) is 2.08. The molecule has 1 heterocycles. The molecule has 0 aliphatic carbocycles. The molecule has 0 radical (unpaired) electrons. The van der Waals surface area contributed by atoms with E-state index >= 15 is 0 Å². The monoisotopic (exact) mass is 340 g/mol. The van der Waals surface area contributed by atoms with Gasteiger partial charge in [-0.3, -0.25) is 4.79 Å². The number of nitriles is 1. The van der Waals surface area contributed by atoms with E-state index in [9.17, 15) is 4.79 Å². The van der Waals surface area contributed by atoms with Gasteiger partial charge in [0, 0.05) is 15.4 Å². The summed E-state index contributed by atoms with van der Waals surface area (Å²) in [5.41, 5.74) is 7.82. The number of ketones is 1. The van der Waals surface area contributed by atoms with Crippen molar-refractivity contribution in [1.82, 2.24) is 0 Å². The third-order valence-corrected chi connectivity index (χ3v) is 3.66. The maximum atomic E-state index is 12.5. The van der Waals surface area contributed by atoms with Crippen LogP contribution in [-0.4, -0.2) is 5.78 Å². The number of nitrogens with zero attached hydrogens (tertiary/aromatic N) is 1. The summed E-state index contributed by atoms with van der Waals surface area (Å²) in [5.74, 6) is -0.183. The van der Waals surface area contributed by atoms with Gasteiger partial charge in [-0.15, -0.1) is 0 Å². The smallest absolute Gasteiger partial charge is 0.230 e. The standard InChI is InChI=1S/C16H9BrN2O2/c17-11-5-6-13-12(7-11)14(19)16(21-13)15(20)10-3-1-9(8-18)2-4-10/h1-7H,19H2. The van der Waals surface area contributed by atoms with Gasteiger partial charge < -0.3 is 10.2 Å². The molecule has 0 aliphatic heterocycles. The largest absolute Gasteiger partial charge is 0.450 e. The van der Waals surface area contributed by atoms with Crippen molar-refractivity contribution in [2.45, 2.75) is 0 Å². The molecule has 0 saturated heterocycles. The molecule has 0 saturated carbocycles. The fraction of sp³-hybridized carbons (Fsp3) is 0. The number of carbonyl (C=O) groups is 1. The van der Waals surface area contributed by atoms with Gasteiger partial charge >= 0.3 is 0 Å². The predicted molar refractivity (Wildman–Crippen MR) is 82.9 cm³/mol. The van der Waals surface area contributed by atoms with E-state index in [1.54, 1.807) is 30.3 Å². The number of halogens is 1. The van der Waals surface area contributed by atoms with Crippen LogP contribution in [0, 0.1) is 11.3 Å². The Kier molecular flexibility index (Phi) is 3.24. The van der Waals surface area contributed by atoms with Crippen molar-refractivity contribution >= 4 is 38.4 Å². The first-order valence-electron chi connectivity index (χ1n) is 6.12. The van der Waals surface area contributed by atoms with Gasteiger partial charge in [0.05, 0.1) is 17.3 Å². The average Bonchev–Trinajstić information content (AvgIpc) is 2.83. The van der Waals surface area contributed by atoms with Gasteiger partial charge in [-0.05, 0) is 42.5 Å². The molecule has 0 aliphatic rings. The van der Waals surface area contributed by atoms with E-state index in [1.807, 2.05) is 18.2 Å². The Hall–Kier alpha value is -2.58. The summed E-state index contributed by atoms with van der Waals surface area (Å²) >= 11 is 3.36. The van der Waals surface area contributed by atoms with E-state index in [1.165, 1.54) is 0 Å². The van der Waals surface area contributed by atoms with Gasteiger partial charge in [-0.25, -0.2) is 0 Å². The number of hydrogen-bond donors (Lipinski definition) is 1. The maximum absolute atomic E-state index is 12.5. The molecular formula is C16H9BrN2O2. The van der Waals surface area contributed by atoms with Crippen LogP contribution < -0.4 is 5.73 Å². The first kappa shape index (κ1) is 13.4. The highest BCUT2D eigenvalue weighted by molar-refractivity contribution is 9.10. The number of rotatable bonds is 2. The van der Waals surface area contributed by atoms with Crippen LogP contribution in [0.5, 0.6) is 0 Å². The molecule has 3 rings (SSSR count). The van der Waals surface area contributed by atoms with Gasteiger partial charge in [0.25, 0.3) is 0 Å². The molecule has 0 atom stereocenters. The summed E-state index contributed by atoms with van der Waals surface area (Å²) in [4.78, 5) is 12.5. The summed E-state index contributed by atoms with van der Waals surface area (Å²) in [5, 5.41) is 9.47.